The topological polar surface area (TPSA) is 60.9 Å². The van der Waals surface area contributed by atoms with Crippen molar-refractivity contribution in [2.75, 3.05) is 37.6 Å². The lowest BCUT2D eigenvalue weighted by molar-refractivity contribution is -0.117. The van der Waals surface area contributed by atoms with Gasteiger partial charge in [-0.25, -0.2) is 8.42 Å². The Morgan fingerprint density at radius 1 is 1.00 bits per heavy atom. The maximum absolute atomic E-state index is 13.4. The molecule has 5 rings (SSSR count). The number of sulfonamides is 1. The van der Waals surface area contributed by atoms with Crippen LogP contribution < -0.4 is 4.90 Å². The first-order valence-corrected chi connectivity index (χ1v) is 13.5. The Bertz CT molecular complexity index is 1240. The summed E-state index contributed by atoms with van der Waals surface area (Å²) in [6.45, 7) is 2.82. The number of halogens is 1. The van der Waals surface area contributed by atoms with E-state index in [1.54, 1.807) is 27.4 Å². The Balaban J connectivity index is 1.25. The van der Waals surface area contributed by atoms with Gasteiger partial charge in [-0.3, -0.25) is 9.69 Å². The summed E-state index contributed by atoms with van der Waals surface area (Å²) in [6.07, 6.45) is 7.77. The van der Waals surface area contributed by atoms with E-state index in [0.717, 1.165) is 28.3 Å². The molecule has 6 nitrogen and oxygen atoms in total. The fourth-order valence-corrected chi connectivity index (χ4v) is 6.67. The summed E-state index contributed by atoms with van der Waals surface area (Å²) >= 11 is 6.18. The van der Waals surface area contributed by atoms with E-state index in [4.69, 9.17) is 11.6 Å². The largest absolute Gasteiger partial charge is 0.312 e. The molecule has 0 radical (unpaired) electrons. The van der Waals surface area contributed by atoms with Gasteiger partial charge in [-0.05, 0) is 41.8 Å². The number of carbonyl (C=O) groups is 1. The smallest absolute Gasteiger partial charge is 0.243 e. The molecule has 2 aliphatic heterocycles. The van der Waals surface area contributed by atoms with Gasteiger partial charge in [0, 0.05) is 55.9 Å². The van der Waals surface area contributed by atoms with E-state index in [2.05, 4.69) is 11.0 Å². The van der Waals surface area contributed by atoms with Crippen LogP contribution >= 0.6 is 11.6 Å². The van der Waals surface area contributed by atoms with Crippen LogP contribution in [0.25, 0.3) is 0 Å². The number of carbonyl (C=O) groups excluding carboxylic acids is 1. The fraction of sp³-hybridized carbons (Fsp3) is 0.346. The highest BCUT2D eigenvalue weighted by atomic mass is 35.5. The number of benzene rings is 2. The normalized spacial score (nSPS) is 21.4. The highest BCUT2D eigenvalue weighted by Crippen LogP contribution is 2.32. The molecule has 8 heteroatoms. The van der Waals surface area contributed by atoms with Crippen LogP contribution in [0.1, 0.15) is 17.5 Å². The van der Waals surface area contributed by atoms with Crippen LogP contribution in [-0.4, -0.2) is 62.3 Å². The second-order valence-corrected chi connectivity index (χ2v) is 11.4. The van der Waals surface area contributed by atoms with Crippen molar-refractivity contribution in [3.8, 4) is 0 Å². The number of amides is 1. The van der Waals surface area contributed by atoms with Crippen LogP contribution in [0.15, 0.2) is 76.7 Å². The number of piperazine rings is 1. The zero-order valence-corrected chi connectivity index (χ0v) is 20.5. The molecule has 1 atom stereocenters. The number of nitrogens with zero attached hydrogens (tertiary/aromatic N) is 3. The molecule has 1 unspecified atom stereocenters. The molecule has 0 saturated carbocycles. The van der Waals surface area contributed by atoms with E-state index in [-0.39, 0.29) is 11.9 Å². The lowest BCUT2D eigenvalue weighted by atomic mass is 10.1. The molecule has 1 saturated heterocycles. The number of hydrogen-bond donors (Lipinski definition) is 0. The molecular formula is C26H28ClN3O3S. The maximum Gasteiger partial charge on any atom is 0.243 e. The number of rotatable bonds is 5. The minimum absolute atomic E-state index is 0.0309. The molecule has 2 aromatic rings. The van der Waals surface area contributed by atoms with Gasteiger partial charge in [0.25, 0.3) is 0 Å². The summed E-state index contributed by atoms with van der Waals surface area (Å²) in [7, 11) is -3.59. The van der Waals surface area contributed by atoms with Crippen molar-refractivity contribution >= 4 is 33.2 Å². The van der Waals surface area contributed by atoms with Gasteiger partial charge in [0.1, 0.15) is 0 Å². The van der Waals surface area contributed by atoms with Crippen molar-refractivity contribution in [2.45, 2.75) is 30.2 Å². The summed E-state index contributed by atoms with van der Waals surface area (Å²) in [4.78, 5) is 17.2. The second kappa shape index (κ2) is 9.66. The van der Waals surface area contributed by atoms with Crippen LogP contribution in [-0.2, 0) is 27.7 Å². The average molecular weight is 498 g/mol. The van der Waals surface area contributed by atoms with E-state index in [9.17, 15) is 13.2 Å². The number of allylic oxidation sites excluding steroid dienone is 2. The van der Waals surface area contributed by atoms with Gasteiger partial charge in [-0.1, -0.05) is 54.1 Å². The van der Waals surface area contributed by atoms with Crippen LogP contribution in [0.2, 0.25) is 0 Å². The predicted octanol–water partition coefficient (Wildman–Crippen LogP) is 3.58. The maximum atomic E-state index is 13.4. The molecule has 1 aliphatic carbocycles. The minimum Gasteiger partial charge on any atom is -0.312 e. The zero-order chi connectivity index (χ0) is 23.7. The third-order valence-corrected chi connectivity index (χ3v) is 9.02. The van der Waals surface area contributed by atoms with E-state index >= 15 is 0 Å². The summed E-state index contributed by atoms with van der Waals surface area (Å²) in [6, 6.07) is 15.1. The minimum atomic E-state index is -3.59. The lowest BCUT2D eigenvalue weighted by Crippen LogP contribution is -2.51. The lowest BCUT2D eigenvalue weighted by Gasteiger charge is -2.38. The van der Waals surface area contributed by atoms with Gasteiger partial charge in [0.05, 0.1) is 11.3 Å². The molecule has 1 fully saturated rings. The van der Waals surface area contributed by atoms with E-state index < -0.39 is 10.0 Å². The molecule has 2 heterocycles. The van der Waals surface area contributed by atoms with Crippen molar-refractivity contribution < 1.29 is 13.2 Å². The average Bonchev–Trinajstić information content (AvgIpc) is 3.28. The summed E-state index contributed by atoms with van der Waals surface area (Å²) in [5.41, 5.74) is 2.70. The van der Waals surface area contributed by atoms with Crippen LogP contribution in [0, 0.1) is 0 Å². The van der Waals surface area contributed by atoms with E-state index in [1.807, 2.05) is 42.5 Å². The van der Waals surface area contributed by atoms with Gasteiger partial charge in [-0.15, -0.1) is 0 Å². The third-order valence-electron chi connectivity index (χ3n) is 6.84. The van der Waals surface area contributed by atoms with Crippen molar-refractivity contribution in [3.63, 3.8) is 0 Å². The predicted molar refractivity (Wildman–Crippen MR) is 134 cm³/mol. The Morgan fingerprint density at radius 2 is 1.76 bits per heavy atom. The molecule has 178 valence electrons. The first-order chi connectivity index (χ1) is 16.4. The molecule has 0 aromatic heterocycles. The van der Waals surface area contributed by atoms with Gasteiger partial charge in [-0.2, -0.15) is 4.31 Å². The Labute approximate surface area is 206 Å². The van der Waals surface area contributed by atoms with Crippen LogP contribution in [0.4, 0.5) is 5.69 Å². The molecule has 0 N–H and O–H groups in total. The number of fused-ring (bicyclic) bond motifs is 1. The highest BCUT2D eigenvalue weighted by molar-refractivity contribution is 7.89. The highest BCUT2D eigenvalue weighted by Gasteiger charge is 2.33. The summed E-state index contributed by atoms with van der Waals surface area (Å²) in [5, 5.41) is 0.831. The van der Waals surface area contributed by atoms with Crippen LogP contribution in [0.5, 0.6) is 0 Å². The number of hydrogen-bond acceptors (Lipinski definition) is 4. The van der Waals surface area contributed by atoms with Gasteiger partial charge >= 0.3 is 0 Å². The van der Waals surface area contributed by atoms with Gasteiger partial charge in [0.2, 0.25) is 15.9 Å². The molecule has 2 aromatic carbocycles. The molecule has 0 bridgehead atoms. The molecule has 3 aliphatic rings. The first kappa shape index (κ1) is 23.3. The van der Waals surface area contributed by atoms with Crippen molar-refractivity contribution in [1.82, 2.24) is 9.21 Å². The zero-order valence-electron chi connectivity index (χ0n) is 18.9. The van der Waals surface area contributed by atoms with Crippen molar-refractivity contribution in [2.24, 2.45) is 0 Å². The molecule has 1 amide bonds. The van der Waals surface area contributed by atoms with Gasteiger partial charge < -0.3 is 4.90 Å². The first-order valence-electron chi connectivity index (χ1n) is 11.7. The second-order valence-electron chi connectivity index (χ2n) is 8.96. The van der Waals surface area contributed by atoms with Gasteiger partial charge in [0.15, 0.2) is 0 Å². The summed E-state index contributed by atoms with van der Waals surface area (Å²) in [5.74, 6) is 0.0309. The van der Waals surface area contributed by atoms with Crippen molar-refractivity contribution in [1.29, 1.82) is 0 Å². The standard InChI is InChI=1S/C26H28ClN3O3S/c27-22-7-4-8-23(19-22)28-13-15-29(16-14-28)34(32,33)24-9-10-25-21(18-24)11-12-30(25)26(31)17-20-5-2-1-3-6-20/h1-10,18,23H,11-17,19H2. The fourth-order valence-electron chi connectivity index (χ4n) is 4.96. The van der Waals surface area contributed by atoms with Crippen molar-refractivity contribution in [3.05, 3.63) is 82.9 Å². The van der Waals surface area contributed by atoms with Crippen LogP contribution in [0.3, 0.4) is 0 Å². The Hall–Kier alpha value is -2.45. The van der Waals surface area contributed by atoms with E-state index in [1.165, 1.54) is 0 Å². The SMILES string of the molecule is O=C(Cc1ccccc1)N1CCc2cc(S(=O)(=O)N3CCN(C4C=CC=C(Cl)C4)CC3)ccc21. The third kappa shape index (κ3) is 4.70. The molecule has 0 spiro atoms. The monoisotopic (exact) mass is 497 g/mol. The van der Waals surface area contributed by atoms with E-state index in [0.29, 0.717) is 50.5 Å². The molecular weight excluding hydrogens is 470 g/mol. The molecule has 34 heavy (non-hydrogen) atoms. The Kier molecular flexibility index (Phi) is 6.62. The Morgan fingerprint density at radius 3 is 2.50 bits per heavy atom. The summed E-state index contributed by atoms with van der Waals surface area (Å²) < 4.78 is 28.3. The number of anilines is 1. The quantitative estimate of drug-likeness (QED) is 0.633.